The van der Waals surface area contributed by atoms with Gasteiger partial charge in [-0.25, -0.2) is 9.97 Å². The number of amides is 2. The molecule has 6 aromatic rings. The summed E-state index contributed by atoms with van der Waals surface area (Å²) >= 11 is 0. The predicted molar refractivity (Wildman–Crippen MR) is 179 cm³/mol. The van der Waals surface area contributed by atoms with Crippen LogP contribution in [0.15, 0.2) is 84.9 Å². The lowest BCUT2D eigenvalue weighted by molar-refractivity contribution is 0.0909. The summed E-state index contributed by atoms with van der Waals surface area (Å²) in [6, 6.07) is 26.3. The van der Waals surface area contributed by atoms with Gasteiger partial charge in [-0.15, -0.1) is 0 Å². The van der Waals surface area contributed by atoms with Gasteiger partial charge in [-0.1, -0.05) is 62.4 Å². The molecule has 0 aliphatic carbocycles. The van der Waals surface area contributed by atoms with Crippen molar-refractivity contribution < 1.29 is 9.59 Å². The number of hydrogen-bond acceptors (Lipinski definition) is 5. The van der Waals surface area contributed by atoms with Gasteiger partial charge in [0.25, 0.3) is 11.8 Å². The number of aromatic nitrogens is 2. The number of nitrogens with zero attached hydrogens (tertiary/aromatic N) is 2. The molecule has 44 heavy (non-hydrogen) atoms. The predicted octanol–water partition coefficient (Wildman–Crippen LogP) is 6.75. The van der Waals surface area contributed by atoms with Crippen molar-refractivity contribution in [3.8, 4) is 0 Å². The molecule has 6 rings (SSSR count). The van der Waals surface area contributed by atoms with Crippen molar-refractivity contribution in [2.24, 2.45) is 5.73 Å². The Morgan fingerprint density at radius 1 is 0.659 bits per heavy atom. The van der Waals surface area contributed by atoms with E-state index in [1.807, 2.05) is 100 Å². The number of hydrogen-bond donors (Lipinski definition) is 3. The lowest BCUT2D eigenvalue weighted by atomic mass is 9.95. The molecule has 222 valence electrons. The first-order chi connectivity index (χ1) is 21.3. The van der Waals surface area contributed by atoms with E-state index >= 15 is 0 Å². The van der Waals surface area contributed by atoms with Gasteiger partial charge >= 0.3 is 0 Å². The van der Waals surface area contributed by atoms with Gasteiger partial charge in [-0.2, -0.15) is 0 Å². The zero-order valence-corrected chi connectivity index (χ0v) is 25.5. The van der Waals surface area contributed by atoms with Gasteiger partial charge in [0.05, 0.1) is 33.2 Å². The van der Waals surface area contributed by atoms with Crippen molar-refractivity contribution in [1.82, 2.24) is 20.6 Å². The van der Waals surface area contributed by atoms with Crippen LogP contribution in [0.1, 0.15) is 58.5 Å². The lowest BCUT2D eigenvalue weighted by Crippen LogP contribution is -2.58. The quantitative estimate of drug-likeness (QED) is 0.172. The summed E-state index contributed by atoms with van der Waals surface area (Å²) in [6.45, 7) is 8.02. The highest BCUT2D eigenvalue weighted by atomic mass is 16.2. The number of pyridine rings is 2. The minimum Gasteiger partial charge on any atom is -0.348 e. The van der Waals surface area contributed by atoms with Crippen molar-refractivity contribution in [3.63, 3.8) is 0 Å². The van der Waals surface area contributed by atoms with Gasteiger partial charge in [-0.3, -0.25) is 9.59 Å². The van der Waals surface area contributed by atoms with Crippen LogP contribution in [-0.2, 0) is 0 Å². The third-order valence-corrected chi connectivity index (χ3v) is 8.74. The van der Waals surface area contributed by atoms with Crippen LogP contribution in [0, 0.1) is 13.8 Å². The van der Waals surface area contributed by atoms with Gasteiger partial charge in [0, 0.05) is 39.7 Å². The minimum atomic E-state index is -0.520. The van der Waals surface area contributed by atoms with Crippen LogP contribution in [-0.4, -0.2) is 39.9 Å². The maximum atomic E-state index is 13.7. The zero-order chi connectivity index (χ0) is 31.0. The summed E-state index contributed by atoms with van der Waals surface area (Å²) in [5, 5.41) is 10.3. The Labute approximate surface area is 256 Å². The van der Waals surface area contributed by atoms with Crippen LogP contribution in [0.5, 0.6) is 0 Å². The van der Waals surface area contributed by atoms with E-state index in [-0.39, 0.29) is 23.9 Å². The second-order valence-electron chi connectivity index (χ2n) is 11.6. The molecule has 2 heterocycles. The largest absolute Gasteiger partial charge is 0.348 e. The molecule has 7 heteroatoms. The Hall–Kier alpha value is -4.88. The first-order valence-electron chi connectivity index (χ1n) is 15.2. The summed E-state index contributed by atoms with van der Waals surface area (Å²) in [7, 11) is 0. The number of fused-ring (bicyclic) bond motifs is 4. The molecule has 0 aliphatic heterocycles. The number of carbonyl (C=O) groups excluding carboxylic acids is 2. The van der Waals surface area contributed by atoms with E-state index in [0.717, 1.165) is 43.7 Å². The van der Waals surface area contributed by atoms with Gasteiger partial charge < -0.3 is 16.4 Å². The topological polar surface area (TPSA) is 110 Å². The molecule has 4 N–H and O–H groups in total. The van der Waals surface area contributed by atoms with Gasteiger partial charge in [-0.05, 0) is 74.2 Å². The molecular formula is C37H37N5O2. The SMILES string of the molecule is CCC(NC(=O)c1ccc(C)c2cc3ccccc3nc12)C(N)C(CC)NC(=O)c1ccc(C)c2cc3ccccc3nc12. The standard InChI is InChI=1S/C37H37N5O2/c1-5-29(41-36(43)25-17-15-21(3)27-19-23-11-7-9-13-31(23)39-34(25)27)33(38)30(6-2)42-37(44)26-18-16-22(4)28-20-24-12-8-10-14-32(24)40-35(26)28/h7-20,29-30,33H,5-6,38H2,1-4H3,(H,41,43)(H,42,44). The van der Waals surface area contributed by atoms with E-state index in [4.69, 9.17) is 15.7 Å². The van der Waals surface area contributed by atoms with E-state index in [0.29, 0.717) is 35.0 Å². The molecule has 7 nitrogen and oxygen atoms in total. The minimum absolute atomic E-state index is 0.234. The molecule has 0 radical (unpaired) electrons. The second kappa shape index (κ2) is 12.0. The summed E-state index contributed by atoms with van der Waals surface area (Å²) < 4.78 is 0. The first kappa shape index (κ1) is 29.2. The molecular weight excluding hydrogens is 546 g/mol. The number of benzene rings is 4. The molecule has 0 saturated heterocycles. The highest BCUT2D eigenvalue weighted by Crippen LogP contribution is 2.27. The van der Waals surface area contributed by atoms with E-state index in [2.05, 4.69) is 22.8 Å². The van der Waals surface area contributed by atoms with Gasteiger partial charge in [0.2, 0.25) is 0 Å². The van der Waals surface area contributed by atoms with E-state index in [1.54, 1.807) is 0 Å². The number of nitrogens with one attached hydrogen (secondary N) is 2. The van der Waals surface area contributed by atoms with E-state index in [1.165, 1.54) is 0 Å². The highest BCUT2D eigenvalue weighted by molar-refractivity contribution is 6.10. The Morgan fingerprint density at radius 3 is 1.48 bits per heavy atom. The van der Waals surface area contributed by atoms with Gasteiger partial charge in [0.15, 0.2) is 0 Å². The summed E-state index contributed by atoms with van der Waals surface area (Å²) in [4.78, 5) is 37.1. The molecule has 0 aliphatic rings. The lowest BCUT2D eigenvalue weighted by Gasteiger charge is -2.31. The van der Waals surface area contributed by atoms with Gasteiger partial charge in [0.1, 0.15) is 0 Å². The fraction of sp³-hybridized carbons (Fsp3) is 0.243. The van der Waals surface area contributed by atoms with Crippen LogP contribution >= 0.6 is 0 Å². The van der Waals surface area contributed by atoms with Crippen molar-refractivity contribution >= 4 is 55.4 Å². The van der Waals surface area contributed by atoms with Crippen molar-refractivity contribution in [1.29, 1.82) is 0 Å². The molecule has 2 atom stereocenters. The van der Waals surface area contributed by atoms with E-state index in [9.17, 15) is 9.59 Å². The number of nitrogens with two attached hydrogens (primary N) is 1. The van der Waals surface area contributed by atoms with Crippen molar-refractivity contribution in [2.45, 2.75) is 58.7 Å². The smallest absolute Gasteiger partial charge is 0.253 e. The molecule has 2 amide bonds. The monoisotopic (exact) mass is 583 g/mol. The third kappa shape index (κ3) is 5.35. The summed E-state index contributed by atoms with van der Waals surface area (Å²) in [5.74, 6) is -0.469. The first-order valence-corrected chi connectivity index (χ1v) is 15.2. The number of para-hydroxylation sites is 2. The summed E-state index contributed by atoms with van der Waals surface area (Å²) in [5.41, 5.74) is 12.9. The van der Waals surface area contributed by atoms with Crippen LogP contribution < -0.4 is 16.4 Å². The second-order valence-corrected chi connectivity index (χ2v) is 11.6. The van der Waals surface area contributed by atoms with Crippen molar-refractivity contribution in [2.75, 3.05) is 0 Å². The number of aryl methyl sites for hydroxylation is 2. The zero-order valence-electron chi connectivity index (χ0n) is 25.5. The van der Waals surface area contributed by atoms with Crippen LogP contribution in [0.4, 0.5) is 0 Å². The fourth-order valence-corrected chi connectivity index (χ4v) is 6.08. The maximum absolute atomic E-state index is 13.7. The Morgan fingerprint density at radius 2 is 1.07 bits per heavy atom. The van der Waals surface area contributed by atoms with E-state index < -0.39 is 6.04 Å². The Bertz CT molecular complexity index is 1910. The average molecular weight is 584 g/mol. The number of rotatable bonds is 8. The van der Waals surface area contributed by atoms with Crippen LogP contribution in [0.2, 0.25) is 0 Å². The molecule has 4 aromatic carbocycles. The highest BCUT2D eigenvalue weighted by Gasteiger charge is 2.29. The molecule has 2 aromatic heterocycles. The molecule has 0 spiro atoms. The van der Waals surface area contributed by atoms with Crippen LogP contribution in [0.25, 0.3) is 43.6 Å². The molecule has 0 saturated carbocycles. The normalized spacial score (nSPS) is 13.7. The molecule has 0 fully saturated rings. The molecule has 0 bridgehead atoms. The third-order valence-electron chi connectivity index (χ3n) is 8.74. The summed E-state index contributed by atoms with van der Waals surface area (Å²) in [6.07, 6.45) is 1.20. The molecule has 2 unspecified atom stereocenters. The number of carbonyl (C=O) groups is 2. The Kier molecular flexibility index (Phi) is 7.97. The fourth-order valence-electron chi connectivity index (χ4n) is 6.08. The average Bonchev–Trinajstić information content (AvgIpc) is 3.04. The van der Waals surface area contributed by atoms with Crippen molar-refractivity contribution in [3.05, 3.63) is 107 Å². The maximum Gasteiger partial charge on any atom is 0.253 e. The Balaban J connectivity index is 1.25. The van der Waals surface area contributed by atoms with Crippen LogP contribution in [0.3, 0.4) is 0 Å².